The topological polar surface area (TPSA) is 89.5 Å². The van der Waals surface area contributed by atoms with Crippen molar-refractivity contribution in [2.24, 2.45) is 10.9 Å². The number of aromatic nitrogens is 3. The molecule has 7 heteroatoms. The highest BCUT2D eigenvalue weighted by molar-refractivity contribution is 5.99. The number of hydrogen-bond donors (Lipinski definition) is 1. The summed E-state index contributed by atoms with van der Waals surface area (Å²) < 4.78 is 0. The Morgan fingerprint density at radius 2 is 2.05 bits per heavy atom. The summed E-state index contributed by atoms with van der Waals surface area (Å²) in [5, 5.41) is 3.75. The number of pyridine rings is 1. The van der Waals surface area contributed by atoms with Crippen LogP contribution in [-0.2, 0) is 4.84 Å². The largest absolute Gasteiger partial charge is 0.396 e. The first-order valence-electron chi connectivity index (χ1n) is 6.00. The van der Waals surface area contributed by atoms with Crippen molar-refractivity contribution in [2.75, 3.05) is 12.0 Å². The first kappa shape index (κ1) is 13.7. The molecule has 0 aromatic carbocycles. The van der Waals surface area contributed by atoms with Gasteiger partial charge in [-0.25, -0.2) is 14.9 Å². The van der Waals surface area contributed by atoms with Crippen molar-refractivity contribution in [1.29, 1.82) is 0 Å². The molecule has 0 radical (unpaired) electrons. The smallest absolute Gasteiger partial charge is 0.245 e. The minimum absolute atomic E-state index is 0.130. The third-order valence-corrected chi connectivity index (χ3v) is 2.51. The average Bonchev–Trinajstić information content (AvgIpc) is 2.39. The molecule has 20 heavy (non-hydrogen) atoms. The van der Waals surface area contributed by atoms with Gasteiger partial charge < -0.3 is 10.6 Å². The van der Waals surface area contributed by atoms with Gasteiger partial charge in [-0.1, -0.05) is 0 Å². The molecule has 2 heterocycles. The van der Waals surface area contributed by atoms with E-state index >= 15 is 0 Å². The van der Waals surface area contributed by atoms with Crippen molar-refractivity contribution in [2.45, 2.75) is 13.8 Å². The van der Waals surface area contributed by atoms with Gasteiger partial charge in [0.15, 0.2) is 5.82 Å². The fraction of sp³-hybridized carbons (Fsp3) is 0.231. The lowest BCUT2D eigenvalue weighted by atomic mass is 10.2. The number of guanidine groups is 1. The molecule has 2 aromatic rings. The summed E-state index contributed by atoms with van der Waals surface area (Å²) in [5.74, 6) is 1.26. The van der Waals surface area contributed by atoms with Crippen LogP contribution in [0.25, 0.3) is 0 Å². The van der Waals surface area contributed by atoms with Crippen LogP contribution in [-0.4, -0.2) is 28.0 Å². The van der Waals surface area contributed by atoms with Gasteiger partial charge in [-0.2, -0.15) is 0 Å². The molecule has 0 bridgehead atoms. The average molecular weight is 272 g/mol. The molecule has 0 amide bonds. The van der Waals surface area contributed by atoms with E-state index in [1.165, 1.54) is 7.11 Å². The van der Waals surface area contributed by atoms with Gasteiger partial charge in [-0.3, -0.25) is 4.98 Å². The highest BCUT2D eigenvalue weighted by atomic mass is 16.6. The molecule has 0 aliphatic rings. The van der Waals surface area contributed by atoms with Crippen molar-refractivity contribution in [3.8, 4) is 0 Å². The number of nitrogens with two attached hydrogens (primary N) is 1. The molecule has 2 rings (SSSR count). The number of nitrogens with zero attached hydrogens (tertiary/aromatic N) is 5. The Labute approximate surface area is 117 Å². The second-order valence-electron chi connectivity index (χ2n) is 4.18. The lowest BCUT2D eigenvalue weighted by Crippen LogP contribution is -2.35. The summed E-state index contributed by atoms with van der Waals surface area (Å²) in [6, 6.07) is 3.86. The van der Waals surface area contributed by atoms with Crippen molar-refractivity contribution >= 4 is 17.6 Å². The molecule has 0 atom stereocenters. The van der Waals surface area contributed by atoms with Crippen LogP contribution in [0.2, 0.25) is 0 Å². The molecule has 2 N–H and O–H groups in total. The fourth-order valence-electron chi connectivity index (χ4n) is 1.83. The van der Waals surface area contributed by atoms with E-state index in [2.05, 4.69) is 20.1 Å². The SMILES string of the molecule is CON=C(N)N(c1cnccn1)c1cc(C)cc(C)n1. The summed E-state index contributed by atoms with van der Waals surface area (Å²) >= 11 is 0. The van der Waals surface area contributed by atoms with Gasteiger partial charge in [-0.15, -0.1) is 0 Å². The van der Waals surface area contributed by atoms with Crippen molar-refractivity contribution in [3.05, 3.63) is 42.0 Å². The predicted octanol–water partition coefficient (Wildman–Crippen LogP) is 1.50. The second-order valence-corrected chi connectivity index (χ2v) is 4.18. The Kier molecular flexibility index (Phi) is 4.09. The first-order valence-corrected chi connectivity index (χ1v) is 6.00. The minimum Gasteiger partial charge on any atom is -0.396 e. The maximum Gasteiger partial charge on any atom is 0.245 e. The van der Waals surface area contributed by atoms with Crippen molar-refractivity contribution in [3.63, 3.8) is 0 Å². The van der Waals surface area contributed by atoms with Gasteiger partial charge in [0.1, 0.15) is 12.9 Å². The quantitative estimate of drug-likeness (QED) is 0.517. The molecular weight excluding hydrogens is 256 g/mol. The van der Waals surface area contributed by atoms with E-state index in [0.29, 0.717) is 11.6 Å². The number of oxime groups is 1. The lowest BCUT2D eigenvalue weighted by Gasteiger charge is -2.21. The van der Waals surface area contributed by atoms with Crippen molar-refractivity contribution < 1.29 is 4.84 Å². The van der Waals surface area contributed by atoms with Crippen LogP contribution in [0.4, 0.5) is 11.6 Å². The van der Waals surface area contributed by atoms with Gasteiger partial charge in [0.2, 0.25) is 5.96 Å². The molecule has 0 aliphatic carbocycles. The fourth-order valence-corrected chi connectivity index (χ4v) is 1.83. The first-order chi connectivity index (χ1) is 9.61. The molecule has 0 saturated carbocycles. The van der Waals surface area contributed by atoms with Crippen LogP contribution in [0.3, 0.4) is 0 Å². The number of rotatable bonds is 3. The molecule has 0 fully saturated rings. The van der Waals surface area contributed by atoms with E-state index in [4.69, 9.17) is 10.6 Å². The Hall–Kier alpha value is -2.70. The monoisotopic (exact) mass is 272 g/mol. The normalized spacial score (nSPS) is 11.2. The van der Waals surface area contributed by atoms with Crippen LogP contribution in [0.1, 0.15) is 11.3 Å². The maximum absolute atomic E-state index is 5.94. The predicted molar refractivity (Wildman–Crippen MR) is 76.5 cm³/mol. The summed E-state index contributed by atoms with van der Waals surface area (Å²) in [4.78, 5) is 19.0. The Morgan fingerprint density at radius 3 is 2.65 bits per heavy atom. The third kappa shape index (κ3) is 3.00. The zero-order valence-corrected chi connectivity index (χ0v) is 11.6. The second kappa shape index (κ2) is 5.96. The summed E-state index contributed by atoms with van der Waals surface area (Å²) in [6.07, 6.45) is 4.74. The molecule has 0 aliphatic heterocycles. The standard InChI is InChI=1S/C13H16N6O/c1-9-6-10(2)17-11(7-9)19(13(14)18-20-3)12-8-15-4-5-16-12/h4-8H,1-3H3,(H2,14,18). The molecule has 0 saturated heterocycles. The maximum atomic E-state index is 5.94. The van der Waals surface area contributed by atoms with Gasteiger partial charge in [0.05, 0.1) is 6.20 Å². The Bertz CT molecular complexity index is 593. The lowest BCUT2D eigenvalue weighted by molar-refractivity contribution is 0.212. The van der Waals surface area contributed by atoms with E-state index in [1.807, 2.05) is 26.0 Å². The van der Waals surface area contributed by atoms with E-state index in [9.17, 15) is 0 Å². The number of hydrogen-bond acceptors (Lipinski definition) is 5. The summed E-state index contributed by atoms with van der Waals surface area (Å²) in [5.41, 5.74) is 7.87. The van der Waals surface area contributed by atoms with Crippen LogP contribution in [0, 0.1) is 13.8 Å². The van der Waals surface area contributed by atoms with Crippen LogP contribution in [0.5, 0.6) is 0 Å². The Morgan fingerprint density at radius 1 is 1.25 bits per heavy atom. The zero-order chi connectivity index (χ0) is 14.5. The van der Waals surface area contributed by atoms with Crippen LogP contribution in [0.15, 0.2) is 35.9 Å². The van der Waals surface area contributed by atoms with Gasteiger partial charge >= 0.3 is 0 Å². The minimum atomic E-state index is 0.130. The molecule has 0 spiro atoms. The van der Waals surface area contributed by atoms with E-state index < -0.39 is 0 Å². The van der Waals surface area contributed by atoms with Gasteiger partial charge in [0, 0.05) is 18.1 Å². The Balaban J connectivity index is 2.54. The van der Waals surface area contributed by atoms with Crippen LogP contribution < -0.4 is 10.6 Å². The van der Waals surface area contributed by atoms with Crippen LogP contribution >= 0.6 is 0 Å². The summed E-state index contributed by atoms with van der Waals surface area (Å²) in [6.45, 7) is 3.89. The molecule has 104 valence electrons. The van der Waals surface area contributed by atoms with E-state index in [-0.39, 0.29) is 5.96 Å². The third-order valence-electron chi connectivity index (χ3n) is 2.51. The van der Waals surface area contributed by atoms with E-state index in [0.717, 1.165) is 11.3 Å². The highest BCUT2D eigenvalue weighted by Crippen LogP contribution is 2.22. The number of anilines is 2. The molecular formula is C13H16N6O. The summed E-state index contributed by atoms with van der Waals surface area (Å²) in [7, 11) is 1.43. The van der Waals surface area contributed by atoms with Crippen molar-refractivity contribution in [1.82, 2.24) is 15.0 Å². The van der Waals surface area contributed by atoms with Gasteiger partial charge in [0.25, 0.3) is 0 Å². The molecule has 0 unspecified atom stereocenters. The zero-order valence-electron chi connectivity index (χ0n) is 11.6. The van der Waals surface area contributed by atoms with Gasteiger partial charge in [-0.05, 0) is 36.7 Å². The number of aryl methyl sites for hydroxylation is 2. The van der Waals surface area contributed by atoms with E-state index in [1.54, 1.807) is 23.5 Å². The molecule has 2 aromatic heterocycles. The molecule has 7 nitrogen and oxygen atoms in total. The highest BCUT2D eigenvalue weighted by Gasteiger charge is 2.17.